The Balaban J connectivity index is 0.000000317. The molecule has 0 unspecified atom stereocenters. The Bertz CT molecular complexity index is 194. The highest BCUT2D eigenvalue weighted by Gasteiger charge is 2.17. The highest BCUT2D eigenvalue weighted by molar-refractivity contribution is 5.53. The van der Waals surface area contributed by atoms with Crippen molar-refractivity contribution < 1.29 is 19.7 Å². The van der Waals surface area contributed by atoms with Gasteiger partial charge in [0.2, 0.25) is 0 Å². The third-order valence-corrected chi connectivity index (χ3v) is 2.98. The molecule has 0 atom stereocenters. The standard InChI is InChI=1S/C10H20N2O.CH2O3/c1-2-4-10(5-3-1)11-12-6-8-13-9-7-12;2-1(3)4/h10-11H,1-9H2;(H2,2,3,4). The molecule has 0 aromatic carbocycles. The summed E-state index contributed by atoms with van der Waals surface area (Å²) in [6.07, 6.45) is 5.13. The lowest BCUT2D eigenvalue weighted by Gasteiger charge is -2.33. The second-order valence-corrected chi connectivity index (χ2v) is 4.35. The number of rotatable bonds is 2. The van der Waals surface area contributed by atoms with E-state index in [2.05, 4.69) is 10.4 Å². The maximum atomic E-state index is 8.56. The van der Waals surface area contributed by atoms with Crippen LogP contribution in [0.15, 0.2) is 0 Å². The first kappa shape index (κ1) is 14.2. The summed E-state index contributed by atoms with van der Waals surface area (Å²) in [6, 6.07) is 0.742. The van der Waals surface area contributed by atoms with Crippen LogP contribution in [-0.2, 0) is 4.74 Å². The first-order valence-corrected chi connectivity index (χ1v) is 6.19. The van der Waals surface area contributed by atoms with Gasteiger partial charge in [0, 0.05) is 19.1 Å². The zero-order chi connectivity index (χ0) is 12.5. The molecule has 1 saturated carbocycles. The van der Waals surface area contributed by atoms with Crippen molar-refractivity contribution in [2.45, 2.75) is 38.1 Å². The lowest BCUT2D eigenvalue weighted by Crippen LogP contribution is -2.50. The van der Waals surface area contributed by atoms with Crippen molar-refractivity contribution in [1.82, 2.24) is 10.4 Å². The second kappa shape index (κ2) is 8.27. The predicted octanol–water partition coefficient (Wildman–Crippen LogP) is 1.38. The van der Waals surface area contributed by atoms with Gasteiger partial charge >= 0.3 is 6.16 Å². The summed E-state index contributed by atoms with van der Waals surface area (Å²) in [5.41, 5.74) is 3.61. The Morgan fingerprint density at radius 2 is 1.65 bits per heavy atom. The van der Waals surface area contributed by atoms with Gasteiger partial charge in [0.15, 0.2) is 0 Å². The van der Waals surface area contributed by atoms with E-state index in [1.165, 1.54) is 32.1 Å². The molecule has 6 nitrogen and oxygen atoms in total. The van der Waals surface area contributed by atoms with Crippen LogP contribution in [0.25, 0.3) is 0 Å². The van der Waals surface area contributed by atoms with E-state index in [9.17, 15) is 0 Å². The van der Waals surface area contributed by atoms with Crippen LogP contribution in [0, 0.1) is 0 Å². The largest absolute Gasteiger partial charge is 0.503 e. The summed E-state index contributed by atoms with van der Waals surface area (Å²) in [5, 5.41) is 16.3. The molecule has 1 heterocycles. The van der Waals surface area contributed by atoms with E-state index in [1.807, 2.05) is 0 Å². The summed E-state index contributed by atoms with van der Waals surface area (Å²) < 4.78 is 5.31. The number of carbonyl (C=O) groups is 1. The first-order chi connectivity index (χ1) is 8.18. The highest BCUT2D eigenvalue weighted by atomic mass is 16.6. The maximum absolute atomic E-state index is 8.56. The maximum Gasteiger partial charge on any atom is 0.503 e. The quantitative estimate of drug-likeness (QED) is 0.683. The molecule has 0 aromatic rings. The van der Waals surface area contributed by atoms with Crippen LogP contribution >= 0.6 is 0 Å². The van der Waals surface area contributed by atoms with Crippen LogP contribution in [-0.4, -0.2) is 53.7 Å². The van der Waals surface area contributed by atoms with Gasteiger partial charge in [-0.05, 0) is 12.8 Å². The van der Waals surface area contributed by atoms with Crippen LogP contribution in [0.3, 0.4) is 0 Å². The Morgan fingerprint density at radius 1 is 1.12 bits per heavy atom. The topological polar surface area (TPSA) is 82.0 Å². The lowest BCUT2D eigenvalue weighted by atomic mass is 9.96. The van der Waals surface area contributed by atoms with Crippen molar-refractivity contribution in [3.05, 3.63) is 0 Å². The van der Waals surface area contributed by atoms with Gasteiger partial charge in [-0.1, -0.05) is 19.3 Å². The minimum atomic E-state index is -1.83. The van der Waals surface area contributed by atoms with Crippen molar-refractivity contribution in [2.24, 2.45) is 0 Å². The molecule has 1 aliphatic carbocycles. The molecule has 0 aromatic heterocycles. The van der Waals surface area contributed by atoms with Crippen molar-refractivity contribution in [3.8, 4) is 0 Å². The average Bonchev–Trinajstić information content (AvgIpc) is 2.31. The Kier molecular flexibility index (Phi) is 6.91. The number of hydrogen-bond acceptors (Lipinski definition) is 4. The van der Waals surface area contributed by atoms with Gasteiger partial charge < -0.3 is 14.9 Å². The van der Waals surface area contributed by atoms with E-state index in [0.717, 1.165) is 32.3 Å². The summed E-state index contributed by atoms with van der Waals surface area (Å²) >= 11 is 0. The van der Waals surface area contributed by atoms with E-state index in [4.69, 9.17) is 19.7 Å². The second-order valence-electron chi connectivity index (χ2n) is 4.35. The molecular weight excluding hydrogens is 224 g/mol. The number of morpholine rings is 1. The molecule has 0 amide bonds. The highest BCUT2D eigenvalue weighted by Crippen LogP contribution is 2.17. The van der Waals surface area contributed by atoms with Crippen LogP contribution in [0.5, 0.6) is 0 Å². The summed E-state index contributed by atoms with van der Waals surface area (Å²) in [5.74, 6) is 0. The summed E-state index contributed by atoms with van der Waals surface area (Å²) in [6.45, 7) is 3.88. The van der Waals surface area contributed by atoms with E-state index in [-0.39, 0.29) is 0 Å². The van der Waals surface area contributed by atoms with Gasteiger partial charge in [0.05, 0.1) is 13.2 Å². The number of nitrogens with one attached hydrogen (secondary N) is 1. The molecule has 2 aliphatic rings. The Morgan fingerprint density at radius 3 is 2.18 bits per heavy atom. The van der Waals surface area contributed by atoms with E-state index < -0.39 is 6.16 Å². The van der Waals surface area contributed by atoms with Crippen molar-refractivity contribution in [1.29, 1.82) is 0 Å². The monoisotopic (exact) mass is 246 g/mol. The molecule has 0 bridgehead atoms. The molecular formula is C11H22N2O4. The molecule has 6 heteroatoms. The number of carboxylic acid groups (broad SMARTS) is 2. The smallest absolute Gasteiger partial charge is 0.450 e. The average molecular weight is 246 g/mol. The van der Waals surface area contributed by atoms with Crippen molar-refractivity contribution >= 4 is 6.16 Å². The zero-order valence-electron chi connectivity index (χ0n) is 10.1. The number of nitrogens with zero attached hydrogens (tertiary/aromatic N) is 1. The van der Waals surface area contributed by atoms with E-state index >= 15 is 0 Å². The van der Waals surface area contributed by atoms with Crippen LogP contribution in [0.1, 0.15) is 32.1 Å². The van der Waals surface area contributed by atoms with Gasteiger partial charge in [0.1, 0.15) is 0 Å². The fourth-order valence-electron chi connectivity index (χ4n) is 2.18. The zero-order valence-corrected chi connectivity index (χ0v) is 10.1. The Labute approximate surface area is 102 Å². The van der Waals surface area contributed by atoms with Gasteiger partial charge in [-0.15, -0.1) is 0 Å². The fourth-order valence-corrected chi connectivity index (χ4v) is 2.18. The van der Waals surface area contributed by atoms with Gasteiger partial charge in [-0.25, -0.2) is 9.80 Å². The summed E-state index contributed by atoms with van der Waals surface area (Å²) in [4.78, 5) is 8.56. The molecule has 1 saturated heterocycles. The predicted molar refractivity (Wildman–Crippen MR) is 63.1 cm³/mol. The van der Waals surface area contributed by atoms with Crippen LogP contribution in [0.2, 0.25) is 0 Å². The molecule has 2 fully saturated rings. The van der Waals surface area contributed by atoms with Crippen LogP contribution < -0.4 is 5.43 Å². The number of hydrogen-bond donors (Lipinski definition) is 3. The number of ether oxygens (including phenoxy) is 1. The van der Waals surface area contributed by atoms with Gasteiger partial charge in [0.25, 0.3) is 0 Å². The van der Waals surface area contributed by atoms with Gasteiger partial charge in [-0.2, -0.15) is 0 Å². The third kappa shape index (κ3) is 7.14. The summed E-state index contributed by atoms with van der Waals surface area (Å²) in [7, 11) is 0. The minimum Gasteiger partial charge on any atom is -0.450 e. The molecule has 0 spiro atoms. The van der Waals surface area contributed by atoms with Gasteiger partial charge in [-0.3, -0.25) is 5.43 Å². The molecule has 2 rings (SSSR count). The third-order valence-electron chi connectivity index (χ3n) is 2.98. The molecule has 17 heavy (non-hydrogen) atoms. The SMILES string of the molecule is C1CCC(NN2CCOCC2)CC1.O=C(O)O. The fraction of sp³-hybridized carbons (Fsp3) is 0.909. The number of hydrazine groups is 1. The van der Waals surface area contributed by atoms with Crippen molar-refractivity contribution in [3.63, 3.8) is 0 Å². The van der Waals surface area contributed by atoms with Crippen molar-refractivity contribution in [2.75, 3.05) is 26.3 Å². The molecule has 0 radical (unpaired) electrons. The minimum absolute atomic E-state index is 0.742. The molecule has 100 valence electrons. The van der Waals surface area contributed by atoms with Crippen LogP contribution in [0.4, 0.5) is 4.79 Å². The first-order valence-electron chi connectivity index (χ1n) is 6.19. The van der Waals surface area contributed by atoms with E-state index in [1.54, 1.807) is 0 Å². The van der Waals surface area contributed by atoms with E-state index in [0.29, 0.717) is 0 Å². The normalized spacial score (nSPS) is 22.6. The molecule has 1 aliphatic heterocycles. The lowest BCUT2D eigenvalue weighted by molar-refractivity contribution is 0.000391. The molecule has 3 N–H and O–H groups in total. The Hall–Kier alpha value is -0.850.